The van der Waals surface area contributed by atoms with E-state index in [1.165, 1.54) is 44.9 Å². The average Bonchev–Trinajstić information content (AvgIpc) is 2.94. The van der Waals surface area contributed by atoms with E-state index in [0.717, 1.165) is 38.5 Å². The lowest BCUT2D eigenvalue weighted by atomic mass is 10.1. The molecule has 0 fully saturated rings. The molecule has 43 heavy (non-hydrogen) atoms. The number of hydrogen-bond donors (Lipinski definition) is 0. The Labute approximate surface area is 262 Å². The third kappa shape index (κ3) is 25.7. The molecular weight excluding hydrogens is 546 g/mol. The fourth-order valence-electron chi connectivity index (χ4n) is 4.48. The number of carboxylic acids is 1. The average molecular weight is 608 g/mol. The SMILES string of the molecule is CC/C=C/C/C=C/C/C=C/CC(=O)OC(COCCC(C(=O)[O-])[N+](C)(C)C)COC(=O)CCCCCCCCCCCC. The van der Waals surface area contributed by atoms with Crippen molar-refractivity contribution in [1.29, 1.82) is 0 Å². The molecule has 0 rings (SSSR count). The summed E-state index contributed by atoms with van der Waals surface area (Å²) < 4.78 is 16.8. The van der Waals surface area contributed by atoms with E-state index in [-0.39, 0.29) is 43.1 Å². The summed E-state index contributed by atoms with van der Waals surface area (Å²) in [6, 6.07) is -0.735. The predicted octanol–water partition coefficient (Wildman–Crippen LogP) is 6.23. The van der Waals surface area contributed by atoms with Gasteiger partial charge in [-0.1, -0.05) is 108 Å². The van der Waals surface area contributed by atoms with E-state index >= 15 is 0 Å². The molecule has 0 bridgehead atoms. The molecule has 0 spiro atoms. The molecule has 0 aliphatic rings. The van der Waals surface area contributed by atoms with Gasteiger partial charge < -0.3 is 28.6 Å². The van der Waals surface area contributed by atoms with Gasteiger partial charge in [0.05, 0.1) is 46.7 Å². The van der Waals surface area contributed by atoms with Crippen LogP contribution in [0.2, 0.25) is 0 Å². The first-order valence-corrected chi connectivity index (χ1v) is 16.5. The number of ether oxygens (including phenoxy) is 3. The molecule has 8 heteroatoms. The van der Waals surface area contributed by atoms with Gasteiger partial charge in [0.25, 0.3) is 0 Å². The summed E-state index contributed by atoms with van der Waals surface area (Å²) in [5.41, 5.74) is 0. The van der Waals surface area contributed by atoms with E-state index in [0.29, 0.717) is 6.42 Å². The van der Waals surface area contributed by atoms with E-state index in [1.807, 2.05) is 12.2 Å². The molecule has 248 valence electrons. The van der Waals surface area contributed by atoms with Crippen LogP contribution >= 0.6 is 0 Å². The molecule has 0 heterocycles. The van der Waals surface area contributed by atoms with Gasteiger partial charge in [0.1, 0.15) is 12.6 Å². The monoisotopic (exact) mass is 607 g/mol. The van der Waals surface area contributed by atoms with Gasteiger partial charge in [-0.05, 0) is 25.7 Å². The number of quaternary nitrogens is 1. The number of esters is 2. The summed E-state index contributed by atoms with van der Waals surface area (Å²) in [6.07, 6.45) is 26.4. The molecule has 8 nitrogen and oxygen atoms in total. The number of likely N-dealkylation sites (N-methyl/N-ethyl adjacent to an activating group) is 1. The van der Waals surface area contributed by atoms with Gasteiger partial charge in [0.2, 0.25) is 0 Å². The maximum absolute atomic E-state index is 12.5. The molecule has 2 unspecified atom stereocenters. The van der Waals surface area contributed by atoms with Crippen LogP contribution in [-0.4, -0.2) is 75.5 Å². The molecule has 0 radical (unpaired) electrons. The minimum Gasteiger partial charge on any atom is -0.544 e. The molecule has 0 aliphatic carbocycles. The number of carbonyl (C=O) groups excluding carboxylic acids is 3. The molecule has 0 saturated heterocycles. The van der Waals surface area contributed by atoms with Gasteiger partial charge in [-0.2, -0.15) is 0 Å². The number of allylic oxidation sites excluding steroid dienone is 5. The van der Waals surface area contributed by atoms with Crippen LogP contribution in [0.5, 0.6) is 0 Å². The summed E-state index contributed by atoms with van der Waals surface area (Å²) in [7, 11) is 5.35. The summed E-state index contributed by atoms with van der Waals surface area (Å²) in [6.45, 7) is 4.38. The molecule has 0 aromatic carbocycles. The van der Waals surface area contributed by atoms with Crippen molar-refractivity contribution in [2.75, 3.05) is 41.0 Å². The minimum atomic E-state index is -1.14. The molecule has 0 aromatic rings. The first-order chi connectivity index (χ1) is 20.6. The Morgan fingerprint density at radius 2 is 1.28 bits per heavy atom. The van der Waals surface area contributed by atoms with Crippen LogP contribution in [0.4, 0.5) is 0 Å². The van der Waals surface area contributed by atoms with E-state index in [4.69, 9.17) is 14.2 Å². The normalized spacial score (nSPS) is 13.6. The Morgan fingerprint density at radius 3 is 1.84 bits per heavy atom. The zero-order valence-electron chi connectivity index (χ0n) is 27.9. The van der Waals surface area contributed by atoms with Gasteiger partial charge in [-0.15, -0.1) is 0 Å². The molecular formula is C35H61NO7. The molecule has 0 amide bonds. The van der Waals surface area contributed by atoms with Gasteiger partial charge in [0, 0.05) is 12.8 Å². The predicted molar refractivity (Wildman–Crippen MR) is 171 cm³/mol. The summed E-state index contributed by atoms with van der Waals surface area (Å²) in [4.78, 5) is 36.3. The quantitative estimate of drug-likeness (QED) is 0.0450. The number of aliphatic carboxylic acids is 1. The molecule has 0 N–H and O–H groups in total. The Bertz CT molecular complexity index is 813. The van der Waals surface area contributed by atoms with E-state index in [1.54, 1.807) is 27.2 Å². The highest BCUT2D eigenvalue weighted by Crippen LogP contribution is 2.12. The Kier molecular flexibility index (Phi) is 25.6. The fourth-order valence-corrected chi connectivity index (χ4v) is 4.48. The van der Waals surface area contributed by atoms with E-state index in [9.17, 15) is 19.5 Å². The van der Waals surface area contributed by atoms with Crippen LogP contribution in [0.15, 0.2) is 36.5 Å². The maximum atomic E-state index is 12.5. The van der Waals surface area contributed by atoms with Crippen molar-refractivity contribution in [3.63, 3.8) is 0 Å². The summed E-state index contributed by atoms with van der Waals surface area (Å²) in [5, 5.41) is 11.5. The van der Waals surface area contributed by atoms with Crippen molar-refractivity contribution in [3.8, 4) is 0 Å². The standard InChI is InChI=1S/C35H61NO7/c1-6-8-10-12-14-16-18-19-21-23-25-33(37)42-30-31(29-41-28-27-32(35(39)40)36(3,4)5)43-34(38)26-24-22-20-17-15-13-11-9-7-2/h9,11,15,17,22,24,31-32H,6-8,10,12-14,16,18-21,23,25-30H2,1-5H3/b11-9+,17-15+,24-22+. The minimum absolute atomic E-state index is 0.00587. The highest BCUT2D eigenvalue weighted by atomic mass is 16.6. The molecule has 0 aromatic heterocycles. The first kappa shape index (κ1) is 40.5. The summed E-state index contributed by atoms with van der Waals surface area (Å²) >= 11 is 0. The largest absolute Gasteiger partial charge is 0.544 e. The van der Waals surface area contributed by atoms with Crippen molar-refractivity contribution in [2.45, 2.75) is 129 Å². The number of carboxylic acid groups (broad SMARTS) is 1. The van der Waals surface area contributed by atoms with Crippen LogP contribution in [0.1, 0.15) is 117 Å². The van der Waals surface area contributed by atoms with Crippen molar-refractivity contribution in [1.82, 2.24) is 0 Å². The highest BCUT2D eigenvalue weighted by molar-refractivity contribution is 5.71. The Morgan fingerprint density at radius 1 is 0.721 bits per heavy atom. The van der Waals surface area contributed by atoms with Crippen LogP contribution < -0.4 is 5.11 Å². The van der Waals surface area contributed by atoms with Gasteiger partial charge in [0.15, 0.2) is 6.10 Å². The molecule has 0 saturated carbocycles. The van der Waals surface area contributed by atoms with Crippen LogP contribution in [0, 0.1) is 0 Å². The van der Waals surface area contributed by atoms with Crippen molar-refractivity contribution in [2.24, 2.45) is 0 Å². The zero-order valence-corrected chi connectivity index (χ0v) is 27.9. The second-order valence-electron chi connectivity index (χ2n) is 12.0. The topological polar surface area (TPSA) is 102 Å². The van der Waals surface area contributed by atoms with Crippen molar-refractivity contribution < 1.29 is 38.2 Å². The van der Waals surface area contributed by atoms with Gasteiger partial charge in [-0.25, -0.2) is 0 Å². The third-order valence-corrected chi connectivity index (χ3v) is 7.07. The number of hydrogen-bond acceptors (Lipinski definition) is 7. The third-order valence-electron chi connectivity index (χ3n) is 7.07. The lowest BCUT2D eigenvalue weighted by molar-refractivity contribution is -0.889. The van der Waals surface area contributed by atoms with Crippen molar-refractivity contribution >= 4 is 17.9 Å². The smallest absolute Gasteiger partial charge is 0.310 e. The fraction of sp³-hybridized carbons (Fsp3) is 0.743. The number of rotatable bonds is 28. The lowest BCUT2D eigenvalue weighted by Gasteiger charge is -2.34. The Hall–Kier alpha value is -2.45. The summed E-state index contributed by atoms with van der Waals surface area (Å²) in [5.74, 6) is -1.90. The van der Waals surface area contributed by atoms with Crippen LogP contribution in [-0.2, 0) is 28.6 Å². The first-order valence-electron chi connectivity index (χ1n) is 16.5. The molecule has 2 atom stereocenters. The van der Waals surface area contributed by atoms with Crippen LogP contribution in [0.25, 0.3) is 0 Å². The number of nitrogens with zero attached hydrogens (tertiary/aromatic N) is 1. The van der Waals surface area contributed by atoms with E-state index in [2.05, 4.69) is 32.1 Å². The maximum Gasteiger partial charge on any atom is 0.310 e. The van der Waals surface area contributed by atoms with Crippen molar-refractivity contribution in [3.05, 3.63) is 36.5 Å². The Balaban J connectivity index is 4.60. The highest BCUT2D eigenvalue weighted by Gasteiger charge is 2.25. The second-order valence-corrected chi connectivity index (χ2v) is 12.0. The second kappa shape index (κ2) is 27.1. The number of unbranched alkanes of at least 4 members (excludes halogenated alkanes) is 9. The zero-order chi connectivity index (χ0) is 32.2. The molecule has 0 aliphatic heterocycles. The van der Waals surface area contributed by atoms with E-state index < -0.39 is 24.1 Å². The van der Waals surface area contributed by atoms with Gasteiger partial charge >= 0.3 is 11.9 Å². The lowest BCUT2D eigenvalue weighted by Crippen LogP contribution is -2.55. The van der Waals surface area contributed by atoms with Gasteiger partial charge in [-0.3, -0.25) is 9.59 Å². The number of carbonyl (C=O) groups is 3. The van der Waals surface area contributed by atoms with Crippen LogP contribution in [0.3, 0.4) is 0 Å².